The lowest BCUT2D eigenvalue weighted by Gasteiger charge is -2.10. The normalized spacial score (nSPS) is 10.7. The monoisotopic (exact) mass is 284 g/mol. The lowest BCUT2D eigenvalue weighted by atomic mass is 10.2. The molecule has 1 aromatic heterocycles. The molecule has 0 amide bonds. The molecule has 0 radical (unpaired) electrons. The van der Waals surface area contributed by atoms with Crippen molar-refractivity contribution >= 4 is 28.2 Å². The first-order valence-corrected chi connectivity index (χ1v) is 6.63. The van der Waals surface area contributed by atoms with Crippen molar-refractivity contribution < 1.29 is 4.74 Å². The number of halogens is 1. The number of hydrogen-bond acceptors (Lipinski definition) is 3. The quantitative estimate of drug-likeness (QED) is 0.583. The maximum atomic E-state index is 6.19. The first kappa shape index (κ1) is 12.8. The van der Waals surface area contributed by atoms with Crippen molar-refractivity contribution in [2.24, 2.45) is 0 Å². The van der Waals surface area contributed by atoms with Gasteiger partial charge in [-0.1, -0.05) is 41.9 Å². The number of nitrogens with zero attached hydrogens (tertiary/aromatic N) is 1. The van der Waals surface area contributed by atoms with Gasteiger partial charge in [-0.15, -0.1) is 0 Å². The Labute approximate surface area is 122 Å². The van der Waals surface area contributed by atoms with Gasteiger partial charge in [0.05, 0.1) is 11.2 Å². The van der Waals surface area contributed by atoms with Crippen LogP contribution in [0.25, 0.3) is 10.9 Å². The van der Waals surface area contributed by atoms with Gasteiger partial charge in [-0.2, -0.15) is 0 Å². The van der Waals surface area contributed by atoms with Gasteiger partial charge in [0.1, 0.15) is 17.5 Å². The molecular weight excluding hydrogens is 272 g/mol. The van der Waals surface area contributed by atoms with E-state index in [1.54, 1.807) is 6.07 Å². The second-order valence-corrected chi connectivity index (χ2v) is 4.82. The van der Waals surface area contributed by atoms with Gasteiger partial charge in [-0.25, -0.2) is 4.98 Å². The number of hydrogen-bond donors (Lipinski definition) is 1. The number of aromatic nitrogens is 1. The predicted octanol–water partition coefficient (Wildman–Crippen LogP) is 4.05. The zero-order chi connectivity index (χ0) is 13.9. The fourth-order valence-corrected chi connectivity index (χ4v) is 2.21. The topological polar surface area (TPSA) is 48.1 Å². The molecule has 0 saturated carbocycles. The van der Waals surface area contributed by atoms with E-state index in [-0.39, 0.29) is 0 Å². The summed E-state index contributed by atoms with van der Waals surface area (Å²) in [6, 6.07) is 17.2. The molecule has 0 spiro atoms. The molecule has 20 heavy (non-hydrogen) atoms. The van der Waals surface area contributed by atoms with Crippen LogP contribution in [0.2, 0.25) is 5.15 Å². The molecule has 3 nitrogen and oxygen atoms in total. The molecule has 100 valence electrons. The molecule has 0 unspecified atom stereocenters. The van der Waals surface area contributed by atoms with Crippen molar-refractivity contribution in [1.29, 1.82) is 0 Å². The van der Waals surface area contributed by atoms with Crippen LogP contribution >= 0.6 is 11.6 Å². The fraction of sp³-hybridized carbons (Fsp3) is 0.0625. The Morgan fingerprint density at radius 1 is 1.05 bits per heavy atom. The summed E-state index contributed by atoms with van der Waals surface area (Å²) in [5.74, 6) is 0.650. The molecule has 0 atom stereocenters. The molecule has 1 heterocycles. The van der Waals surface area contributed by atoms with Crippen LogP contribution in [0.5, 0.6) is 5.75 Å². The molecule has 3 aromatic rings. The molecule has 3 rings (SSSR count). The lowest BCUT2D eigenvalue weighted by Crippen LogP contribution is -2.00. The van der Waals surface area contributed by atoms with Crippen molar-refractivity contribution in [1.82, 2.24) is 4.98 Å². The van der Waals surface area contributed by atoms with Gasteiger partial charge in [-0.3, -0.25) is 0 Å². The average molecular weight is 285 g/mol. The second-order valence-electron chi connectivity index (χ2n) is 4.46. The fourth-order valence-electron chi connectivity index (χ4n) is 2.00. The van der Waals surface area contributed by atoms with Crippen LogP contribution in [-0.4, -0.2) is 4.98 Å². The summed E-state index contributed by atoms with van der Waals surface area (Å²) < 4.78 is 5.70. The lowest BCUT2D eigenvalue weighted by molar-refractivity contribution is 0.308. The summed E-state index contributed by atoms with van der Waals surface area (Å²) >= 11 is 6.19. The molecule has 2 aromatic carbocycles. The maximum absolute atomic E-state index is 6.19. The van der Waals surface area contributed by atoms with Gasteiger partial charge in [0.25, 0.3) is 0 Å². The largest absolute Gasteiger partial charge is 0.487 e. The van der Waals surface area contributed by atoms with E-state index in [1.165, 1.54) is 0 Å². The van der Waals surface area contributed by atoms with Crippen LogP contribution in [-0.2, 0) is 6.61 Å². The number of nitrogens with two attached hydrogens (primary N) is 1. The van der Waals surface area contributed by atoms with Gasteiger partial charge >= 0.3 is 0 Å². The maximum Gasteiger partial charge on any atom is 0.142 e. The van der Waals surface area contributed by atoms with Gasteiger partial charge in [0.15, 0.2) is 0 Å². The van der Waals surface area contributed by atoms with E-state index in [4.69, 9.17) is 22.1 Å². The zero-order valence-electron chi connectivity index (χ0n) is 10.7. The number of anilines is 1. The number of nitrogen functional groups attached to an aromatic ring is 1. The van der Waals surface area contributed by atoms with E-state index in [0.29, 0.717) is 23.2 Å². The van der Waals surface area contributed by atoms with Crippen molar-refractivity contribution in [2.75, 3.05) is 5.73 Å². The number of benzene rings is 2. The molecule has 0 fully saturated rings. The average Bonchev–Trinajstić information content (AvgIpc) is 2.46. The number of fused-ring (bicyclic) bond motifs is 1. The van der Waals surface area contributed by atoms with Crippen molar-refractivity contribution in [3.63, 3.8) is 0 Å². The van der Waals surface area contributed by atoms with Crippen LogP contribution in [0.3, 0.4) is 0 Å². The summed E-state index contributed by atoms with van der Waals surface area (Å²) in [4.78, 5) is 4.36. The van der Waals surface area contributed by atoms with E-state index in [0.717, 1.165) is 16.5 Å². The zero-order valence-corrected chi connectivity index (χ0v) is 11.5. The highest BCUT2D eigenvalue weighted by Gasteiger charge is 2.06. The Morgan fingerprint density at radius 2 is 1.80 bits per heavy atom. The first-order valence-electron chi connectivity index (χ1n) is 6.25. The summed E-state index contributed by atoms with van der Waals surface area (Å²) in [6.07, 6.45) is 0. The Balaban J connectivity index is 1.87. The molecule has 0 bridgehead atoms. The minimum atomic E-state index is 0.338. The highest BCUT2D eigenvalue weighted by molar-refractivity contribution is 6.30. The van der Waals surface area contributed by atoms with Gasteiger partial charge in [0.2, 0.25) is 0 Å². The third-order valence-electron chi connectivity index (χ3n) is 3.05. The summed E-state index contributed by atoms with van der Waals surface area (Å²) in [5, 5.41) is 1.50. The summed E-state index contributed by atoms with van der Waals surface area (Å²) in [6.45, 7) is 0.338. The second kappa shape index (κ2) is 5.39. The molecule has 2 N–H and O–H groups in total. The molecule has 0 aliphatic heterocycles. The third kappa shape index (κ3) is 2.53. The van der Waals surface area contributed by atoms with Gasteiger partial charge in [0, 0.05) is 10.9 Å². The van der Waals surface area contributed by atoms with Crippen LogP contribution in [0.4, 0.5) is 5.69 Å². The Hall–Kier alpha value is -2.26. The SMILES string of the molecule is Nc1ccccc1OCc1cc2ccccc2nc1Cl. The Morgan fingerprint density at radius 3 is 2.65 bits per heavy atom. The third-order valence-corrected chi connectivity index (χ3v) is 3.38. The minimum Gasteiger partial charge on any atom is -0.487 e. The van der Waals surface area contributed by atoms with E-state index in [2.05, 4.69) is 4.98 Å². The highest BCUT2D eigenvalue weighted by atomic mass is 35.5. The van der Waals surface area contributed by atoms with E-state index < -0.39 is 0 Å². The molecule has 4 heteroatoms. The summed E-state index contributed by atoms with van der Waals surface area (Å²) in [7, 11) is 0. The van der Waals surface area contributed by atoms with E-state index in [9.17, 15) is 0 Å². The molecule has 0 aliphatic carbocycles. The highest BCUT2D eigenvalue weighted by Crippen LogP contribution is 2.24. The molecular formula is C16H13ClN2O. The number of ether oxygens (including phenoxy) is 1. The Kier molecular flexibility index (Phi) is 3.44. The first-order chi connectivity index (χ1) is 9.74. The van der Waals surface area contributed by atoms with Crippen LogP contribution < -0.4 is 10.5 Å². The van der Waals surface area contributed by atoms with Gasteiger partial charge in [-0.05, 0) is 24.3 Å². The van der Waals surface area contributed by atoms with Crippen molar-refractivity contribution in [3.8, 4) is 5.75 Å². The van der Waals surface area contributed by atoms with E-state index in [1.807, 2.05) is 48.5 Å². The minimum absolute atomic E-state index is 0.338. The van der Waals surface area contributed by atoms with Crippen LogP contribution in [0.15, 0.2) is 54.6 Å². The molecule has 0 saturated heterocycles. The number of rotatable bonds is 3. The van der Waals surface area contributed by atoms with Crippen molar-refractivity contribution in [3.05, 3.63) is 65.3 Å². The summed E-state index contributed by atoms with van der Waals surface area (Å²) in [5.41, 5.74) is 8.17. The van der Waals surface area contributed by atoms with Crippen molar-refractivity contribution in [2.45, 2.75) is 6.61 Å². The van der Waals surface area contributed by atoms with E-state index >= 15 is 0 Å². The standard InChI is InChI=1S/C16H13ClN2O/c17-16-12(9-11-5-1-3-7-14(11)19-16)10-20-15-8-4-2-6-13(15)18/h1-9H,10,18H2. The Bertz CT molecular complexity index is 758. The van der Waals surface area contributed by atoms with Crippen LogP contribution in [0, 0.1) is 0 Å². The molecule has 0 aliphatic rings. The smallest absolute Gasteiger partial charge is 0.142 e. The number of para-hydroxylation sites is 3. The van der Waals surface area contributed by atoms with Crippen LogP contribution in [0.1, 0.15) is 5.56 Å². The predicted molar refractivity (Wildman–Crippen MR) is 81.9 cm³/mol. The number of pyridine rings is 1. The van der Waals surface area contributed by atoms with Gasteiger partial charge < -0.3 is 10.5 Å².